The van der Waals surface area contributed by atoms with Crippen molar-refractivity contribution in [1.82, 2.24) is 15.2 Å². The van der Waals surface area contributed by atoms with E-state index >= 15 is 4.39 Å². The van der Waals surface area contributed by atoms with Crippen molar-refractivity contribution in [3.63, 3.8) is 0 Å². The number of alkyl halides is 2. The summed E-state index contributed by atoms with van der Waals surface area (Å²) in [7, 11) is 1.57. The molecule has 11 heteroatoms. The number of hydrogen-bond donors (Lipinski definition) is 2. The summed E-state index contributed by atoms with van der Waals surface area (Å²) in [5, 5.41) is 21.3. The number of hydrogen-bond acceptors (Lipinski definition) is 8. The van der Waals surface area contributed by atoms with E-state index in [0.717, 1.165) is 44.5 Å². The van der Waals surface area contributed by atoms with Crippen LogP contribution in [0.5, 0.6) is 5.88 Å². The quantitative estimate of drug-likeness (QED) is 0.501. The van der Waals surface area contributed by atoms with E-state index in [-0.39, 0.29) is 11.0 Å². The third kappa shape index (κ3) is 4.09. The summed E-state index contributed by atoms with van der Waals surface area (Å²) in [6, 6.07) is 4.94. The number of ether oxygens (including phenoxy) is 2. The summed E-state index contributed by atoms with van der Waals surface area (Å²) >= 11 is 0. The van der Waals surface area contributed by atoms with Crippen molar-refractivity contribution in [3.8, 4) is 5.88 Å². The second kappa shape index (κ2) is 9.04. The Morgan fingerprint density at radius 3 is 2.72 bits per heavy atom. The summed E-state index contributed by atoms with van der Waals surface area (Å²) in [5.74, 6) is -3.95. The third-order valence-electron chi connectivity index (χ3n) is 7.10. The van der Waals surface area contributed by atoms with Crippen LogP contribution >= 0.6 is 0 Å². The second-order valence-corrected chi connectivity index (χ2v) is 9.65. The molecule has 192 valence electrons. The molecule has 36 heavy (non-hydrogen) atoms. The Labute approximate surface area is 206 Å². The van der Waals surface area contributed by atoms with Gasteiger partial charge in [0.05, 0.1) is 37.6 Å². The highest BCUT2D eigenvalue weighted by molar-refractivity contribution is 5.93. The SMILES string of the molecule is COc1nc2c(C)nnc(N[C@H](C)c3cccc(C(F)(F)CO)c3F)c2cc1N1CCC2(COC2)C1. The molecule has 5 rings (SSSR count). The molecule has 2 aliphatic rings. The zero-order valence-corrected chi connectivity index (χ0v) is 20.3. The molecule has 0 bridgehead atoms. The number of halogens is 3. The molecule has 2 saturated heterocycles. The van der Waals surface area contributed by atoms with E-state index in [0.29, 0.717) is 28.3 Å². The normalized spacial score (nSPS) is 17.9. The van der Waals surface area contributed by atoms with Crippen molar-refractivity contribution in [3.05, 3.63) is 46.9 Å². The van der Waals surface area contributed by atoms with E-state index < -0.39 is 30.0 Å². The molecule has 2 fully saturated rings. The lowest BCUT2D eigenvalue weighted by atomic mass is 9.85. The summed E-state index contributed by atoms with van der Waals surface area (Å²) < 4.78 is 54.2. The van der Waals surface area contributed by atoms with Gasteiger partial charge < -0.3 is 24.8 Å². The topological polar surface area (TPSA) is 92.6 Å². The van der Waals surface area contributed by atoms with Gasteiger partial charge in [0.15, 0.2) is 5.82 Å². The Bertz CT molecular complexity index is 1300. The van der Waals surface area contributed by atoms with Crippen LogP contribution in [0, 0.1) is 18.2 Å². The summed E-state index contributed by atoms with van der Waals surface area (Å²) in [5.41, 5.74) is 1.29. The molecule has 0 aliphatic carbocycles. The minimum atomic E-state index is -3.69. The Morgan fingerprint density at radius 1 is 1.31 bits per heavy atom. The number of aromatic nitrogens is 3. The molecule has 0 unspecified atom stereocenters. The lowest BCUT2D eigenvalue weighted by molar-refractivity contribution is -0.0985. The van der Waals surface area contributed by atoms with Crippen LogP contribution in [0.25, 0.3) is 10.9 Å². The summed E-state index contributed by atoms with van der Waals surface area (Å²) in [4.78, 5) is 6.93. The van der Waals surface area contributed by atoms with Crippen LogP contribution in [0.2, 0.25) is 0 Å². The molecule has 0 radical (unpaired) electrons. The van der Waals surface area contributed by atoms with E-state index in [1.54, 1.807) is 21.0 Å². The maximum atomic E-state index is 15.1. The number of methoxy groups -OCH3 is 1. The molecule has 3 aromatic rings. The van der Waals surface area contributed by atoms with Gasteiger partial charge in [0, 0.05) is 29.5 Å². The fourth-order valence-electron chi connectivity index (χ4n) is 4.95. The van der Waals surface area contributed by atoms with Gasteiger partial charge in [0.2, 0.25) is 5.88 Å². The lowest BCUT2D eigenvalue weighted by Gasteiger charge is -2.37. The van der Waals surface area contributed by atoms with Gasteiger partial charge in [-0.2, -0.15) is 13.9 Å². The third-order valence-corrected chi connectivity index (χ3v) is 7.10. The number of nitrogens with zero attached hydrogens (tertiary/aromatic N) is 4. The van der Waals surface area contributed by atoms with E-state index in [9.17, 15) is 8.78 Å². The van der Waals surface area contributed by atoms with Gasteiger partial charge in [-0.1, -0.05) is 12.1 Å². The summed E-state index contributed by atoms with van der Waals surface area (Å²) in [6.45, 7) is 5.08. The first-order valence-corrected chi connectivity index (χ1v) is 11.8. The second-order valence-electron chi connectivity index (χ2n) is 9.65. The van der Waals surface area contributed by atoms with Gasteiger partial charge in [-0.25, -0.2) is 9.37 Å². The van der Waals surface area contributed by atoms with Gasteiger partial charge in [-0.05, 0) is 32.4 Å². The van der Waals surface area contributed by atoms with E-state index in [2.05, 4.69) is 20.4 Å². The van der Waals surface area contributed by atoms with Crippen LogP contribution in [0.1, 0.15) is 36.2 Å². The zero-order chi connectivity index (χ0) is 25.7. The molecule has 2 aromatic heterocycles. The molecule has 8 nitrogen and oxygen atoms in total. The Hall–Kier alpha value is -3.18. The molecule has 1 aromatic carbocycles. The predicted octanol–water partition coefficient (Wildman–Crippen LogP) is 3.96. The van der Waals surface area contributed by atoms with Crippen LogP contribution in [-0.2, 0) is 10.7 Å². The molecule has 1 atom stereocenters. The largest absolute Gasteiger partial charge is 0.480 e. The standard InChI is InChI=1S/C25H28F3N5O3/c1-14(16-5-4-6-18(20(16)26)25(27,28)11-34)29-22-17-9-19(33-8-7-24(10-33)12-36-13-24)23(35-3)30-21(17)15(2)31-32-22/h4-6,9,14,34H,7-8,10-13H2,1-3H3,(H,29,32)/t14-/m1/s1. The van der Waals surface area contributed by atoms with Crippen molar-refractivity contribution in [2.75, 3.05) is 50.2 Å². The smallest absolute Gasteiger partial charge is 0.298 e. The first-order chi connectivity index (χ1) is 17.2. The molecular weight excluding hydrogens is 475 g/mol. The molecular formula is C25H28F3N5O3. The molecule has 2 N–H and O–H groups in total. The maximum Gasteiger partial charge on any atom is 0.298 e. The van der Waals surface area contributed by atoms with Gasteiger partial charge in [-0.15, -0.1) is 5.10 Å². The monoisotopic (exact) mass is 503 g/mol. The van der Waals surface area contributed by atoms with Gasteiger partial charge in [0.25, 0.3) is 5.92 Å². The van der Waals surface area contributed by atoms with Crippen molar-refractivity contribution < 1.29 is 27.8 Å². The average molecular weight is 504 g/mol. The highest BCUT2D eigenvalue weighted by Gasteiger charge is 2.45. The number of aliphatic hydroxyl groups excluding tert-OH is 1. The highest BCUT2D eigenvalue weighted by Crippen LogP contribution is 2.43. The minimum absolute atomic E-state index is 0.0179. The van der Waals surface area contributed by atoms with Crippen molar-refractivity contribution in [2.24, 2.45) is 5.41 Å². The van der Waals surface area contributed by atoms with Gasteiger partial charge in [0.1, 0.15) is 23.6 Å². The number of rotatable bonds is 7. The van der Waals surface area contributed by atoms with Crippen LogP contribution in [0.3, 0.4) is 0 Å². The minimum Gasteiger partial charge on any atom is -0.480 e. The number of aliphatic hydroxyl groups is 1. The number of fused-ring (bicyclic) bond motifs is 1. The van der Waals surface area contributed by atoms with Crippen LogP contribution in [0.15, 0.2) is 24.3 Å². The fourth-order valence-corrected chi connectivity index (χ4v) is 4.95. The number of pyridine rings is 1. The first kappa shape index (κ1) is 24.5. The van der Waals surface area contributed by atoms with Crippen molar-refractivity contribution >= 4 is 22.4 Å². The Kier molecular flexibility index (Phi) is 6.16. The van der Waals surface area contributed by atoms with Crippen molar-refractivity contribution in [1.29, 1.82) is 0 Å². The molecule has 1 spiro atoms. The number of anilines is 2. The van der Waals surface area contributed by atoms with Crippen LogP contribution in [0.4, 0.5) is 24.7 Å². The highest BCUT2D eigenvalue weighted by atomic mass is 19.3. The lowest BCUT2D eigenvalue weighted by Crippen LogP contribution is -2.44. The van der Waals surface area contributed by atoms with Crippen LogP contribution < -0.4 is 15.0 Å². The van der Waals surface area contributed by atoms with Crippen LogP contribution in [-0.4, -0.2) is 60.3 Å². The molecule has 0 saturated carbocycles. The van der Waals surface area contributed by atoms with Gasteiger partial charge in [-0.3, -0.25) is 0 Å². The Balaban J connectivity index is 1.52. The molecule has 0 amide bonds. The molecule has 4 heterocycles. The van der Waals surface area contributed by atoms with E-state index in [1.807, 2.05) is 6.07 Å². The number of benzene rings is 1. The van der Waals surface area contributed by atoms with Gasteiger partial charge >= 0.3 is 0 Å². The number of aryl methyl sites for hydroxylation is 1. The molecule has 2 aliphatic heterocycles. The Morgan fingerprint density at radius 2 is 2.08 bits per heavy atom. The maximum absolute atomic E-state index is 15.1. The fraction of sp³-hybridized carbons (Fsp3) is 0.480. The zero-order valence-electron chi connectivity index (χ0n) is 20.3. The van der Waals surface area contributed by atoms with E-state index in [4.69, 9.17) is 19.6 Å². The van der Waals surface area contributed by atoms with E-state index in [1.165, 1.54) is 12.1 Å². The predicted molar refractivity (Wildman–Crippen MR) is 128 cm³/mol. The average Bonchev–Trinajstić information content (AvgIpc) is 3.31. The summed E-state index contributed by atoms with van der Waals surface area (Å²) in [6.07, 6.45) is 1.01. The number of nitrogens with one attached hydrogen (secondary N) is 1. The first-order valence-electron chi connectivity index (χ1n) is 11.8. The van der Waals surface area contributed by atoms with Crippen molar-refractivity contribution in [2.45, 2.75) is 32.2 Å².